The van der Waals surface area contributed by atoms with Crippen LogP contribution in [-0.2, 0) is 6.54 Å². The van der Waals surface area contributed by atoms with E-state index in [1.165, 1.54) is 49.8 Å². The van der Waals surface area contributed by atoms with Gasteiger partial charge in [0.25, 0.3) is 0 Å². The number of aromatic nitrogens is 1. The van der Waals surface area contributed by atoms with Crippen LogP contribution in [0.2, 0.25) is 0 Å². The summed E-state index contributed by atoms with van der Waals surface area (Å²) in [5, 5.41) is 1.25. The van der Waals surface area contributed by atoms with Crippen LogP contribution in [0.4, 0.5) is 5.69 Å². The first-order chi connectivity index (χ1) is 8.83. The highest BCUT2D eigenvalue weighted by atomic mass is 15.1. The van der Waals surface area contributed by atoms with Gasteiger partial charge in [-0.15, -0.1) is 0 Å². The minimum Gasteiger partial charge on any atom is -0.399 e. The summed E-state index contributed by atoms with van der Waals surface area (Å²) in [5.41, 5.74) is 7.94. The van der Waals surface area contributed by atoms with Crippen molar-refractivity contribution >= 4 is 16.6 Å². The summed E-state index contributed by atoms with van der Waals surface area (Å²) in [6.45, 7) is 4.92. The number of anilines is 1. The maximum absolute atomic E-state index is 5.80. The number of aryl methyl sites for hydroxylation is 1. The van der Waals surface area contributed by atoms with Gasteiger partial charge in [0.05, 0.1) is 0 Å². The lowest BCUT2D eigenvalue weighted by molar-refractivity contribution is 0.326. The Kier molecular flexibility index (Phi) is 3.24. The monoisotopic (exact) mass is 243 g/mol. The smallest absolute Gasteiger partial charge is 0.0481 e. The fourth-order valence-corrected chi connectivity index (χ4v) is 2.88. The van der Waals surface area contributed by atoms with Crippen LogP contribution in [0.1, 0.15) is 19.3 Å². The average Bonchev–Trinajstić information content (AvgIpc) is 2.99. The van der Waals surface area contributed by atoms with Gasteiger partial charge in [0.1, 0.15) is 0 Å². The molecule has 3 nitrogen and oxygen atoms in total. The van der Waals surface area contributed by atoms with Crippen LogP contribution >= 0.6 is 0 Å². The van der Waals surface area contributed by atoms with Crippen LogP contribution in [0.5, 0.6) is 0 Å². The normalized spacial score (nSPS) is 16.7. The number of likely N-dealkylation sites (tertiary alicyclic amines) is 1. The summed E-state index contributed by atoms with van der Waals surface area (Å²) < 4.78 is 2.34. The number of hydrogen-bond donors (Lipinski definition) is 1. The van der Waals surface area contributed by atoms with Gasteiger partial charge in [0, 0.05) is 29.3 Å². The van der Waals surface area contributed by atoms with Gasteiger partial charge in [-0.1, -0.05) is 0 Å². The number of nitrogen functional groups attached to an aromatic ring is 1. The van der Waals surface area contributed by atoms with Gasteiger partial charge in [-0.2, -0.15) is 0 Å². The van der Waals surface area contributed by atoms with Crippen LogP contribution in [0.3, 0.4) is 0 Å². The molecular formula is C15H21N3. The number of nitrogens with two attached hydrogens (primary N) is 1. The fraction of sp³-hybridized carbons (Fsp3) is 0.467. The van der Waals surface area contributed by atoms with E-state index in [1.54, 1.807) is 0 Å². The van der Waals surface area contributed by atoms with E-state index in [-0.39, 0.29) is 0 Å². The van der Waals surface area contributed by atoms with Crippen LogP contribution in [0.15, 0.2) is 30.5 Å². The molecule has 1 saturated heterocycles. The van der Waals surface area contributed by atoms with Crippen molar-refractivity contribution in [2.75, 3.05) is 25.4 Å². The molecular weight excluding hydrogens is 222 g/mol. The summed E-state index contributed by atoms with van der Waals surface area (Å²) in [7, 11) is 0. The second kappa shape index (κ2) is 5.02. The molecule has 2 aromatic rings. The Morgan fingerprint density at radius 2 is 1.89 bits per heavy atom. The highest BCUT2D eigenvalue weighted by Gasteiger charge is 2.10. The predicted molar refractivity (Wildman–Crippen MR) is 76.6 cm³/mol. The molecule has 18 heavy (non-hydrogen) atoms. The van der Waals surface area contributed by atoms with Crippen molar-refractivity contribution in [3.63, 3.8) is 0 Å². The third kappa shape index (κ3) is 2.36. The minimum absolute atomic E-state index is 0.845. The molecule has 1 aromatic heterocycles. The summed E-state index contributed by atoms with van der Waals surface area (Å²) >= 11 is 0. The second-order valence-electron chi connectivity index (χ2n) is 5.23. The molecule has 0 atom stereocenters. The van der Waals surface area contributed by atoms with Gasteiger partial charge in [0.15, 0.2) is 0 Å². The van der Waals surface area contributed by atoms with Crippen molar-refractivity contribution in [1.29, 1.82) is 0 Å². The van der Waals surface area contributed by atoms with Gasteiger partial charge >= 0.3 is 0 Å². The molecule has 3 heteroatoms. The van der Waals surface area contributed by atoms with Crippen molar-refractivity contribution < 1.29 is 0 Å². The van der Waals surface area contributed by atoms with Gasteiger partial charge in [0.2, 0.25) is 0 Å². The van der Waals surface area contributed by atoms with E-state index in [0.717, 1.165) is 12.2 Å². The molecule has 3 rings (SSSR count). The third-order valence-corrected chi connectivity index (χ3v) is 3.87. The molecule has 2 heterocycles. The first kappa shape index (κ1) is 11.6. The van der Waals surface area contributed by atoms with Gasteiger partial charge in [-0.3, -0.25) is 0 Å². The maximum Gasteiger partial charge on any atom is 0.0481 e. The van der Waals surface area contributed by atoms with E-state index < -0.39 is 0 Å². The second-order valence-corrected chi connectivity index (χ2v) is 5.23. The SMILES string of the molecule is Nc1ccc2c(ccn2CCCN2CCCC2)c1. The van der Waals surface area contributed by atoms with E-state index >= 15 is 0 Å². The third-order valence-electron chi connectivity index (χ3n) is 3.87. The first-order valence-corrected chi connectivity index (χ1v) is 6.90. The first-order valence-electron chi connectivity index (χ1n) is 6.90. The number of fused-ring (bicyclic) bond motifs is 1. The van der Waals surface area contributed by atoms with Gasteiger partial charge in [-0.05, 0) is 63.2 Å². The Morgan fingerprint density at radius 3 is 2.72 bits per heavy atom. The van der Waals surface area contributed by atoms with Crippen molar-refractivity contribution in [3.8, 4) is 0 Å². The number of rotatable bonds is 4. The molecule has 1 fully saturated rings. The van der Waals surface area contributed by atoms with Crippen molar-refractivity contribution in [3.05, 3.63) is 30.5 Å². The number of benzene rings is 1. The molecule has 0 radical (unpaired) electrons. The van der Waals surface area contributed by atoms with Gasteiger partial charge in [-0.25, -0.2) is 0 Å². The molecule has 0 aliphatic carbocycles. The Labute approximate surface area is 108 Å². The molecule has 96 valence electrons. The molecule has 2 N–H and O–H groups in total. The Balaban J connectivity index is 1.63. The molecule has 0 saturated carbocycles. The largest absolute Gasteiger partial charge is 0.399 e. The molecule has 1 aliphatic rings. The summed E-state index contributed by atoms with van der Waals surface area (Å²) in [6, 6.07) is 8.31. The summed E-state index contributed by atoms with van der Waals surface area (Å²) in [4.78, 5) is 2.57. The lowest BCUT2D eigenvalue weighted by Gasteiger charge is -2.14. The van der Waals surface area contributed by atoms with E-state index in [2.05, 4.69) is 27.8 Å². The topological polar surface area (TPSA) is 34.2 Å². The fourth-order valence-electron chi connectivity index (χ4n) is 2.88. The van der Waals surface area contributed by atoms with Crippen LogP contribution < -0.4 is 5.73 Å². The van der Waals surface area contributed by atoms with Crippen molar-refractivity contribution in [1.82, 2.24) is 9.47 Å². The zero-order valence-corrected chi connectivity index (χ0v) is 10.8. The molecule has 0 amide bonds. The van der Waals surface area contributed by atoms with E-state index in [0.29, 0.717) is 0 Å². The number of nitrogens with zero attached hydrogens (tertiary/aromatic N) is 2. The standard InChI is InChI=1S/C15H21N3/c16-14-4-5-15-13(12-14)6-11-18(15)10-3-9-17-7-1-2-8-17/h4-6,11-12H,1-3,7-10,16H2. The lowest BCUT2D eigenvalue weighted by Crippen LogP contribution is -2.21. The zero-order chi connectivity index (χ0) is 12.4. The Bertz CT molecular complexity index is 524. The molecule has 1 aliphatic heterocycles. The summed E-state index contributed by atoms with van der Waals surface area (Å²) in [5.74, 6) is 0. The van der Waals surface area contributed by atoms with E-state index in [1.807, 2.05) is 12.1 Å². The van der Waals surface area contributed by atoms with E-state index in [4.69, 9.17) is 5.73 Å². The highest BCUT2D eigenvalue weighted by Crippen LogP contribution is 2.19. The predicted octanol–water partition coefficient (Wildman–Crippen LogP) is 2.71. The van der Waals surface area contributed by atoms with Crippen molar-refractivity contribution in [2.24, 2.45) is 0 Å². The van der Waals surface area contributed by atoms with Crippen LogP contribution in [-0.4, -0.2) is 29.1 Å². The van der Waals surface area contributed by atoms with Crippen molar-refractivity contribution in [2.45, 2.75) is 25.8 Å². The highest BCUT2D eigenvalue weighted by molar-refractivity contribution is 5.83. The van der Waals surface area contributed by atoms with E-state index in [9.17, 15) is 0 Å². The quantitative estimate of drug-likeness (QED) is 0.838. The minimum atomic E-state index is 0.845. The summed E-state index contributed by atoms with van der Waals surface area (Å²) in [6.07, 6.45) is 6.17. The molecule has 0 unspecified atom stereocenters. The average molecular weight is 243 g/mol. The maximum atomic E-state index is 5.80. The zero-order valence-electron chi connectivity index (χ0n) is 10.8. The lowest BCUT2D eigenvalue weighted by atomic mass is 10.2. The molecule has 0 bridgehead atoms. The van der Waals surface area contributed by atoms with Gasteiger partial charge < -0.3 is 15.2 Å². The Hall–Kier alpha value is -1.48. The molecule has 1 aromatic carbocycles. The van der Waals surface area contributed by atoms with Crippen LogP contribution in [0, 0.1) is 0 Å². The molecule has 0 spiro atoms. The van der Waals surface area contributed by atoms with Crippen LogP contribution in [0.25, 0.3) is 10.9 Å². The Morgan fingerprint density at radius 1 is 1.06 bits per heavy atom. The number of hydrogen-bond acceptors (Lipinski definition) is 2.